The van der Waals surface area contributed by atoms with Crippen LogP contribution in [0, 0.1) is 0 Å². The average Bonchev–Trinajstić information content (AvgIpc) is 2.81. The Kier molecular flexibility index (Phi) is 4.43. The lowest BCUT2D eigenvalue weighted by atomic mass is 10.00. The van der Waals surface area contributed by atoms with E-state index >= 15 is 0 Å². The van der Waals surface area contributed by atoms with Gasteiger partial charge in [-0.1, -0.05) is 11.6 Å². The number of carbonyl (C=O) groups is 1. The first-order chi connectivity index (χ1) is 8.61. The molecule has 0 saturated carbocycles. The van der Waals surface area contributed by atoms with Crippen LogP contribution in [-0.4, -0.2) is 28.6 Å². The molecule has 1 aromatic rings. The van der Waals surface area contributed by atoms with Crippen molar-refractivity contribution in [1.29, 1.82) is 0 Å². The highest BCUT2D eigenvalue weighted by molar-refractivity contribution is 6.31. The Hall–Kier alpha value is -0.710. The van der Waals surface area contributed by atoms with E-state index in [0.717, 1.165) is 12.8 Å². The quantitative estimate of drug-likeness (QED) is 0.879. The Morgan fingerprint density at radius 2 is 2.05 bits per heavy atom. The van der Waals surface area contributed by atoms with E-state index in [2.05, 4.69) is 10.6 Å². The monoisotopic (exact) mass is 303 g/mol. The van der Waals surface area contributed by atoms with Crippen molar-refractivity contribution in [3.8, 4) is 0 Å². The fourth-order valence-electron chi connectivity index (χ4n) is 3.18. The molecule has 0 radical (unpaired) electrons. The number of halogens is 2. The van der Waals surface area contributed by atoms with E-state index in [1.165, 1.54) is 12.8 Å². The lowest BCUT2D eigenvalue weighted by molar-refractivity contribution is 0.0915. The maximum Gasteiger partial charge on any atom is 0.268 e. The molecule has 3 heterocycles. The van der Waals surface area contributed by atoms with Gasteiger partial charge < -0.3 is 15.2 Å². The number of fused-ring (bicyclic) bond motifs is 2. The first-order valence-corrected chi connectivity index (χ1v) is 6.88. The molecular formula is C13H19Cl2N3O. The molecule has 6 heteroatoms. The second kappa shape index (κ2) is 5.73. The minimum absolute atomic E-state index is 0. The molecule has 2 unspecified atom stereocenters. The van der Waals surface area contributed by atoms with E-state index < -0.39 is 0 Å². The normalized spacial score (nSPS) is 28.8. The van der Waals surface area contributed by atoms with Gasteiger partial charge in [-0.3, -0.25) is 4.79 Å². The van der Waals surface area contributed by atoms with E-state index in [1.54, 1.807) is 16.8 Å². The molecule has 4 nitrogen and oxygen atoms in total. The van der Waals surface area contributed by atoms with Crippen LogP contribution < -0.4 is 10.6 Å². The Labute approximate surface area is 124 Å². The van der Waals surface area contributed by atoms with Crippen LogP contribution in [0.15, 0.2) is 12.3 Å². The van der Waals surface area contributed by atoms with Gasteiger partial charge in [0.25, 0.3) is 5.91 Å². The summed E-state index contributed by atoms with van der Waals surface area (Å²) in [6, 6.07) is 3.19. The van der Waals surface area contributed by atoms with Crippen molar-refractivity contribution < 1.29 is 4.79 Å². The first kappa shape index (κ1) is 14.7. The van der Waals surface area contributed by atoms with Crippen LogP contribution in [0.4, 0.5) is 0 Å². The highest BCUT2D eigenvalue weighted by Gasteiger charge is 2.34. The number of amides is 1. The summed E-state index contributed by atoms with van der Waals surface area (Å²) in [4.78, 5) is 12.2. The molecular weight excluding hydrogens is 285 g/mol. The van der Waals surface area contributed by atoms with E-state index in [1.807, 2.05) is 7.05 Å². The van der Waals surface area contributed by atoms with Crippen LogP contribution in [-0.2, 0) is 7.05 Å². The minimum Gasteiger partial charge on any atom is -0.348 e. The fourth-order valence-corrected chi connectivity index (χ4v) is 3.43. The summed E-state index contributed by atoms with van der Waals surface area (Å²) in [6.07, 6.45) is 6.32. The molecule has 106 valence electrons. The molecule has 19 heavy (non-hydrogen) atoms. The molecule has 0 spiro atoms. The molecule has 2 fully saturated rings. The van der Waals surface area contributed by atoms with Gasteiger partial charge in [-0.15, -0.1) is 12.4 Å². The third kappa shape index (κ3) is 3.07. The number of rotatable bonds is 2. The predicted molar refractivity (Wildman–Crippen MR) is 78.1 cm³/mol. The molecule has 1 aromatic heterocycles. The number of hydrogen-bond donors (Lipinski definition) is 2. The largest absolute Gasteiger partial charge is 0.348 e. The molecule has 2 aliphatic rings. The highest BCUT2D eigenvalue weighted by atomic mass is 35.5. The molecule has 2 aliphatic heterocycles. The summed E-state index contributed by atoms with van der Waals surface area (Å²) in [7, 11) is 1.84. The predicted octanol–water partition coefficient (Wildman–Crippen LogP) is 2.11. The van der Waals surface area contributed by atoms with Crippen LogP contribution in [0.25, 0.3) is 0 Å². The number of hydrogen-bond acceptors (Lipinski definition) is 2. The van der Waals surface area contributed by atoms with E-state index in [9.17, 15) is 4.79 Å². The Morgan fingerprint density at radius 3 is 2.58 bits per heavy atom. The van der Waals surface area contributed by atoms with Gasteiger partial charge in [0.05, 0.1) is 5.02 Å². The van der Waals surface area contributed by atoms with Crippen molar-refractivity contribution in [3.05, 3.63) is 23.0 Å². The Morgan fingerprint density at radius 1 is 1.42 bits per heavy atom. The summed E-state index contributed by atoms with van der Waals surface area (Å²) in [5.74, 6) is -0.0179. The molecule has 2 saturated heterocycles. The second-order valence-corrected chi connectivity index (χ2v) is 5.87. The van der Waals surface area contributed by atoms with Gasteiger partial charge in [0.15, 0.2) is 0 Å². The second-order valence-electron chi connectivity index (χ2n) is 5.43. The van der Waals surface area contributed by atoms with Gasteiger partial charge in [-0.2, -0.15) is 0 Å². The van der Waals surface area contributed by atoms with Crippen LogP contribution in [0.5, 0.6) is 0 Å². The van der Waals surface area contributed by atoms with Gasteiger partial charge in [-0.25, -0.2) is 0 Å². The van der Waals surface area contributed by atoms with E-state index in [0.29, 0.717) is 28.8 Å². The maximum absolute atomic E-state index is 12.2. The van der Waals surface area contributed by atoms with Crippen LogP contribution in [0.2, 0.25) is 5.02 Å². The number of aromatic nitrogens is 1. The smallest absolute Gasteiger partial charge is 0.268 e. The molecule has 2 N–H and O–H groups in total. The van der Waals surface area contributed by atoms with Crippen molar-refractivity contribution in [3.63, 3.8) is 0 Å². The zero-order valence-electron chi connectivity index (χ0n) is 10.9. The van der Waals surface area contributed by atoms with Gasteiger partial charge in [-0.05, 0) is 31.7 Å². The Bertz CT molecular complexity index is 462. The molecule has 2 bridgehead atoms. The van der Waals surface area contributed by atoms with Crippen molar-refractivity contribution in [2.24, 2.45) is 7.05 Å². The molecule has 1 amide bonds. The molecule has 2 atom stereocenters. The van der Waals surface area contributed by atoms with Gasteiger partial charge >= 0.3 is 0 Å². The summed E-state index contributed by atoms with van der Waals surface area (Å²) in [5, 5.41) is 7.31. The third-order valence-electron chi connectivity index (χ3n) is 4.01. The molecule has 0 aromatic carbocycles. The lowest BCUT2D eigenvalue weighted by Gasteiger charge is -2.29. The SMILES string of the molecule is Cl.Cn1cc(Cl)cc1C(=O)NC1CC2CCC(C1)N2. The zero-order chi connectivity index (χ0) is 12.7. The van der Waals surface area contributed by atoms with Crippen LogP contribution in [0.1, 0.15) is 36.2 Å². The van der Waals surface area contributed by atoms with Crippen molar-refractivity contribution in [2.45, 2.75) is 43.8 Å². The lowest BCUT2D eigenvalue weighted by Crippen LogP contribution is -2.48. The summed E-state index contributed by atoms with van der Waals surface area (Å²) in [6.45, 7) is 0. The van der Waals surface area contributed by atoms with Crippen molar-refractivity contribution in [2.75, 3.05) is 0 Å². The van der Waals surface area contributed by atoms with E-state index in [4.69, 9.17) is 11.6 Å². The van der Waals surface area contributed by atoms with Crippen molar-refractivity contribution >= 4 is 29.9 Å². The Balaban J connectivity index is 0.00000133. The summed E-state index contributed by atoms with van der Waals surface area (Å²) >= 11 is 5.90. The van der Waals surface area contributed by atoms with Crippen LogP contribution in [0.3, 0.4) is 0 Å². The number of piperidine rings is 1. The maximum atomic E-state index is 12.2. The number of nitrogens with zero attached hydrogens (tertiary/aromatic N) is 1. The first-order valence-electron chi connectivity index (χ1n) is 6.50. The van der Waals surface area contributed by atoms with Crippen molar-refractivity contribution in [1.82, 2.24) is 15.2 Å². The highest BCUT2D eigenvalue weighted by Crippen LogP contribution is 2.27. The van der Waals surface area contributed by atoms with Gasteiger partial charge in [0.2, 0.25) is 0 Å². The van der Waals surface area contributed by atoms with Gasteiger partial charge in [0, 0.05) is 31.4 Å². The summed E-state index contributed by atoms with van der Waals surface area (Å²) < 4.78 is 1.77. The number of nitrogens with one attached hydrogen (secondary N) is 2. The molecule has 0 aliphatic carbocycles. The number of carbonyl (C=O) groups excluding carboxylic acids is 1. The molecule has 3 rings (SSSR count). The number of aryl methyl sites for hydroxylation is 1. The summed E-state index contributed by atoms with van der Waals surface area (Å²) in [5.41, 5.74) is 0.630. The standard InChI is InChI=1S/C13H18ClN3O.ClH/c1-17-7-8(14)4-12(17)13(18)16-11-5-9-2-3-10(6-11)15-9;/h4,7,9-11,15H,2-3,5-6H2,1H3,(H,16,18);1H. The fraction of sp³-hybridized carbons (Fsp3) is 0.615. The van der Waals surface area contributed by atoms with Crippen LogP contribution >= 0.6 is 24.0 Å². The van der Waals surface area contributed by atoms with Gasteiger partial charge in [0.1, 0.15) is 5.69 Å². The average molecular weight is 304 g/mol. The van der Waals surface area contributed by atoms with E-state index in [-0.39, 0.29) is 18.3 Å². The minimum atomic E-state index is -0.0179. The topological polar surface area (TPSA) is 46.1 Å². The zero-order valence-corrected chi connectivity index (χ0v) is 12.4. The third-order valence-corrected chi connectivity index (χ3v) is 4.22.